The van der Waals surface area contributed by atoms with Crippen LogP contribution < -0.4 is 0 Å². The summed E-state index contributed by atoms with van der Waals surface area (Å²) in [4.78, 5) is 21.0. The number of benzene rings is 1. The lowest BCUT2D eigenvalue weighted by Crippen LogP contribution is -2.08. The van der Waals surface area contributed by atoms with Gasteiger partial charge in [0.2, 0.25) is 0 Å². The number of carboxylic acid groups (broad SMARTS) is 1. The molecule has 0 atom stereocenters. The molecule has 0 spiro atoms. The van der Waals surface area contributed by atoms with E-state index in [-0.39, 0.29) is 5.56 Å². The summed E-state index contributed by atoms with van der Waals surface area (Å²) in [6, 6.07) is 10.9. The van der Waals surface area contributed by atoms with Crippen molar-refractivity contribution < 1.29 is 9.90 Å². The van der Waals surface area contributed by atoms with E-state index in [2.05, 4.69) is 11.9 Å². The van der Waals surface area contributed by atoms with Gasteiger partial charge in [-0.25, -0.2) is 14.5 Å². The molecular formula is C26H32N4O2. The molecule has 1 fully saturated rings. The molecule has 2 heterocycles. The number of hydrogen-bond donors (Lipinski definition) is 1. The number of carboxylic acids is 1. The minimum atomic E-state index is -0.932. The smallest absolute Gasteiger partial charge is 0.336 e. The second-order valence-electron chi connectivity index (χ2n) is 8.78. The summed E-state index contributed by atoms with van der Waals surface area (Å²) in [6.45, 7) is 3.01. The Morgan fingerprint density at radius 1 is 1.12 bits per heavy atom. The van der Waals surface area contributed by atoms with Crippen LogP contribution in [0.2, 0.25) is 0 Å². The summed E-state index contributed by atoms with van der Waals surface area (Å²) >= 11 is 0. The van der Waals surface area contributed by atoms with E-state index < -0.39 is 5.97 Å². The van der Waals surface area contributed by atoms with Gasteiger partial charge >= 0.3 is 5.97 Å². The molecule has 1 aromatic carbocycles. The fraction of sp³-hybridized carbons (Fsp3) is 0.462. The maximum atomic E-state index is 11.5. The third-order valence-electron chi connectivity index (χ3n) is 6.36. The number of carbonyl (C=O) groups is 1. The van der Waals surface area contributed by atoms with Crippen LogP contribution in [0.1, 0.15) is 79.6 Å². The van der Waals surface area contributed by atoms with Crippen molar-refractivity contribution in [3.63, 3.8) is 0 Å². The molecule has 0 radical (unpaired) electrons. The number of pyridine rings is 1. The van der Waals surface area contributed by atoms with E-state index in [1.807, 2.05) is 28.9 Å². The molecule has 1 aliphatic rings. The SMILES string of the molecule is CCCn1nc(CCC2CCCCC2)nc1Cc1ccc(-c2ccccc2C(=O)O)cn1. The third kappa shape index (κ3) is 5.42. The molecule has 2 aromatic heterocycles. The lowest BCUT2D eigenvalue weighted by molar-refractivity contribution is 0.0697. The van der Waals surface area contributed by atoms with Gasteiger partial charge in [-0.1, -0.05) is 63.3 Å². The number of aromatic carboxylic acids is 1. The number of hydrogen-bond acceptors (Lipinski definition) is 4. The number of nitrogens with zero attached hydrogens (tertiary/aromatic N) is 4. The van der Waals surface area contributed by atoms with Crippen molar-refractivity contribution in [3.05, 3.63) is 65.5 Å². The summed E-state index contributed by atoms with van der Waals surface area (Å²) < 4.78 is 2.03. The van der Waals surface area contributed by atoms with E-state index >= 15 is 0 Å². The molecule has 6 nitrogen and oxygen atoms in total. The first kappa shape index (κ1) is 22.2. The Morgan fingerprint density at radius 3 is 2.66 bits per heavy atom. The van der Waals surface area contributed by atoms with Gasteiger partial charge in [0.15, 0.2) is 5.82 Å². The van der Waals surface area contributed by atoms with Gasteiger partial charge < -0.3 is 5.11 Å². The van der Waals surface area contributed by atoms with Gasteiger partial charge in [0.1, 0.15) is 5.82 Å². The Balaban J connectivity index is 1.47. The number of aromatic nitrogens is 4. The highest BCUT2D eigenvalue weighted by Gasteiger charge is 2.17. The number of aryl methyl sites for hydroxylation is 2. The largest absolute Gasteiger partial charge is 0.478 e. The van der Waals surface area contributed by atoms with Gasteiger partial charge in [0, 0.05) is 36.8 Å². The van der Waals surface area contributed by atoms with Crippen molar-refractivity contribution in [2.24, 2.45) is 5.92 Å². The zero-order chi connectivity index (χ0) is 22.3. The highest BCUT2D eigenvalue weighted by Crippen LogP contribution is 2.27. The van der Waals surface area contributed by atoms with Gasteiger partial charge in [-0.15, -0.1) is 0 Å². The normalized spacial score (nSPS) is 14.5. The molecular weight excluding hydrogens is 400 g/mol. The summed E-state index contributed by atoms with van der Waals surface area (Å²) in [6.07, 6.45) is 12.3. The molecule has 1 N–H and O–H groups in total. The quantitative estimate of drug-likeness (QED) is 0.479. The average molecular weight is 433 g/mol. The molecule has 0 aliphatic heterocycles. The molecule has 3 aromatic rings. The number of rotatable bonds is 9. The fourth-order valence-corrected chi connectivity index (χ4v) is 4.63. The van der Waals surface area contributed by atoms with Crippen LogP contribution in [0.4, 0.5) is 0 Å². The Morgan fingerprint density at radius 2 is 1.94 bits per heavy atom. The fourth-order valence-electron chi connectivity index (χ4n) is 4.63. The first-order valence-corrected chi connectivity index (χ1v) is 11.8. The van der Waals surface area contributed by atoms with Gasteiger partial charge in [-0.3, -0.25) is 4.98 Å². The van der Waals surface area contributed by atoms with Gasteiger partial charge in [0.05, 0.1) is 5.56 Å². The minimum absolute atomic E-state index is 0.285. The second kappa shape index (κ2) is 10.5. The first-order valence-electron chi connectivity index (χ1n) is 11.8. The topological polar surface area (TPSA) is 80.9 Å². The Bertz CT molecular complexity index is 1040. The minimum Gasteiger partial charge on any atom is -0.478 e. The zero-order valence-corrected chi connectivity index (χ0v) is 18.8. The van der Waals surface area contributed by atoms with E-state index in [0.29, 0.717) is 12.0 Å². The van der Waals surface area contributed by atoms with Crippen molar-refractivity contribution in [2.45, 2.75) is 71.3 Å². The molecule has 0 unspecified atom stereocenters. The predicted molar refractivity (Wildman–Crippen MR) is 125 cm³/mol. The molecule has 0 saturated heterocycles. The summed E-state index contributed by atoms with van der Waals surface area (Å²) in [5, 5.41) is 14.2. The van der Waals surface area contributed by atoms with Crippen LogP contribution in [0.15, 0.2) is 42.6 Å². The van der Waals surface area contributed by atoms with Crippen LogP contribution in [0.25, 0.3) is 11.1 Å². The maximum Gasteiger partial charge on any atom is 0.336 e. The second-order valence-corrected chi connectivity index (χ2v) is 8.78. The molecule has 32 heavy (non-hydrogen) atoms. The summed E-state index contributed by atoms with van der Waals surface area (Å²) in [5.41, 5.74) is 2.67. The van der Waals surface area contributed by atoms with Crippen LogP contribution >= 0.6 is 0 Å². The van der Waals surface area contributed by atoms with Crippen molar-refractivity contribution in [3.8, 4) is 11.1 Å². The van der Waals surface area contributed by atoms with Gasteiger partial charge in [-0.05, 0) is 36.5 Å². The van der Waals surface area contributed by atoms with E-state index in [0.717, 1.165) is 48.2 Å². The predicted octanol–water partition coefficient (Wildman–Crippen LogP) is 5.55. The standard InChI is InChI=1S/C26H32N4O2/c1-2-16-30-25(28-24(29-30)15-12-19-8-4-3-5-9-19)17-21-14-13-20(18-27-21)22-10-6-7-11-23(22)26(31)32/h6-7,10-11,13-14,18-19H,2-5,8-9,12,15-17H2,1H3,(H,31,32). The van der Waals surface area contributed by atoms with Crippen LogP contribution in [0.5, 0.6) is 0 Å². The first-order chi connectivity index (χ1) is 15.6. The lowest BCUT2D eigenvalue weighted by Gasteiger charge is -2.20. The summed E-state index contributed by atoms with van der Waals surface area (Å²) in [5.74, 6) is 1.80. The van der Waals surface area contributed by atoms with E-state index in [1.165, 1.54) is 38.5 Å². The van der Waals surface area contributed by atoms with Gasteiger partial charge in [-0.2, -0.15) is 5.10 Å². The van der Waals surface area contributed by atoms with Crippen molar-refractivity contribution in [1.29, 1.82) is 0 Å². The molecule has 1 aliphatic carbocycles. The van der Waals surface area contributed by atoms with E-state index in [4.69, 9.17) is 10.1 Å². The highest BCUT2D eigenvalue weighted by molar-refractivity contribution is 5.95. The van der Waals surface area contributed by atoms with E-state index in [9.17, 15) is 9.90 Å². The van der Waals surface area contributed by atoms with Crippen LogP contribution in [-0.2, 0) is 19.4 Å². The zero-order valence-electron chi connectivity index (χ0n) is 18.8. The average Bonchev–Trinajstić information content (AvgIpc) is 3.20. The van der Waals surface area contributed by atoms with Crippen LogP contribution in [0, 0.1) is 5.92 Å². The molecule has 1 saturated carbocycles. The molecule has 0 bridgehead atoms. The molecule has 4 rings (SSSR count). The third-order valence-corrected chi connectivity index (χ3v) is 6.36. The van der Waals surface area contributed by atoms with E-state index in [1.54, 1.807) is 18.3 Å². The summed E-state index contributed by atoms with van der Waals surface area (Å²) in [7, 11) is 0. The van der Waals surface area contributed by atoms with Gasteiger partial charge in [0.25, 0.3) is 0 Å². The molecule has 0 amide bonds. The Labute approximate surface area is 189 Å². The Hall–Kier alpha value is -3.02. The Kier molecular flexibility index (Phi) is 7.30. The maximum absolute atomic E-state index is 11.5. The van der Waals surface area contributed by atoms with Crippen molar-refractivity contribution >= 4 is 5.97 Å². The van der Waals surface area contributed by atoms with Crippen LogP contribution in [-0.4, -0.2) is 30.8 Å². The molecule has 6 heteroatoms. The molecule has 168 valence electrons. The van der Waals surface area contributed by atoms with Crippen LogP contribution in [0.3, 0.4) is 0 Å². The van der Waals surface area contributed by atoms with Crippen molar-refractivity contribution in [1.82, 2.24) is 19.7 Å². The highest BCUT2D eigenvalue weighted by atomic mass is 16.4. The van der Waals surface area contributed by atoms with Crippen molar-refractivity contribution in [2.75, 3.05) is 0 Å². The lowest BCUT2D eigenvalue weighted by atomic mass is 9.86. The monoisotopic (exact) mass is 432 g/mol.